The highest BCUT2D eigenvalue weighted by atomic mass is 16.2. The van der Waals surface area contributed by atoms with Crippen molar-refractivity contribution < 1.29 is 4.79 Å². The van der Waals surface area contributed by atoms with Gasteiger partial charge >= 0.3 is 5.69 Å². The largest absolute Gasteiger partial charge is 0.346 e. The fourth-order valence-electron chi connectivity index (χ4n) is 1.87. The van der Waals surface area contributed by atoms with Crippen molar-refractivity contribution in [3.05, 3.63) is 56.6 Å². The maximum atomic E-state index is 12.1. The summed E-state index contributed by atoms with van der Waals surface area (Å²) in [5.74, 6) is -0.269. The van der Waals surface area contributed by atoms with Crippen LogP contribution in [0.3, 0.4) is 0 Å². The predicted octanol–water partition coefficient (Wildman–Crippen LogP) is 0.376. The van der Waals surface area contributed by atoms with Gasteiger partial charge in [0.2, 0.25) is 0 Å². The molecule has 0 spiro atoms. The summed E-state index contributed by atoms with van der Waals surface area (Å²) in [4.78, 5) is 38.9. The molecule has 0 aliphatic heterocycles. The van der Waals surface area contributed by atoms with Crippen LogP contribution >= 0.6 is 0 Å². The van der Waals surface area contributed by atoms with E-state index < -0.39 is 11.2 Å². The van der Waals surface area contributed by atoms with Gasteiger partial charge in [0, 0.05) is 18.4 Å². The average molecular weight is 276 g/mol. The van der Waals surface area contributed by atoms with Gasteiger partial charge < -0.3 is 14.9 Å². The molecule has 0 fully saturated rings. The Balaban J connectivity index is 2.11. The van der Waals surface area contributed by atoms with Crippen molar-refractivity contribution in [1.29, 1.82) is 0 Å². The van der Waals surface area contributed by atoms with Crippen LogP contribution in [0.25, 0.3) is 0 Å². The van der Waals surface area contributed by atoms with Crippen LogP contribution in [0, 0.1) is 0 Å². The zero-order valence-electron chi connectivity index (χ0n) is 11.3. The summed E-state index contributed by atoms with van der Waals surface area (Å²) in [5.41, 5.74) is -0.256. The van der Waals surface area contributed by atoms with Gasteiger partial charge in [-0.3, -0.25) is 14.6 Å². The topological polar surface area (TPSA) is 99.8 Å². The van der Waals surface area contributed by atoms with E-state index in [0.29, 0.717) is 11.3 Å². The van der Waals surface area contributed by atoms with Crippen molar-refractivity contribution in [3.8, 4) is 0 Å². The lowest BCUT2D eigenvalue weighted by atomic mass is 10.3. The lowest BCUT2D eigenvalue weighted by Crippen LogP contribution is -2.31. The summed E-state index contributed by atoms with van der Waals surface area (Å²) in [6.07, 6.45) is 3.12. The van der Waals surface area contributed by atoms with E-state index in [1.165, 1.54) is 6.20 Å². The maximum Gasteiger partial charge on any atom is 0.325 e. The molecule has 3 N–H and O–H groups in total. The van der Waals surface area contributed by atoms with E-state index >= 15 is 0 Å². The van der Waals surface area contributed by atoms with Crippen molar-refractivity contribution in [2.45, 2.75) is 26.4 Å². The molecule has 2 heterocycles. The molecular weight excluding hydrogens is 260 g/mol. The number of carbonyl (C=O) groups is 1. The van der Waals surface area contributed by atoms with Crippen LogP contribution in [0.5, 0.6) is 0 Å². The van der Waals surface area contributed by atoms with Crippen molar-refractivity contribution in [1.82, 2.24) is 19.9 Å². The summed E-state index contributed by atoms with van der Waals surface area (Å²) in [5, 5.41) is 2.66. The number of hydrogen-bond acceptors (Lipinski definition) is 3. The molecule has 7 heteroatoms. The van der Waals surface area contributed by atoms with Gasteiger partial charge in [0.25, 0.3) is 11.5 Å². The highest BCUT2D eigenvalue weighted by Gasteiger charge is 2.12. The number of nitrogens with one attached hydrogen (secondary N) is 3. The monoisotopic (exact) mass is 276 g/mol. The first-order chi connectivity index (χ1) is 9.49. The Kier molecular flexibility index (Phi) is 3.88. The molecule has 2 aromatic rings. The van der Waals surface area contributed by atoms with Crippen LogP contribution < -0.4 is 16.6 Å². The normalized spacial score (nSPS) is 10.8. The smallest absolute Gasteiger partial charge is 0.325 e. The fourth-order valence-corrected chi connectivity index (χ4v) is 1.87. The molecule has 0 aliphatic carbocycles. The van der Waals surface area contributed by atoms with Crippen molar-refractivity contribution >= 4 is 5.91 Å². The molecule has 106 valence electrons. The molecule has 0 aromatic carbocycles. The number of aromatic nitrogens is 3. The first-order valence-corrected chi connectivity index (χ1v) is 6.25. The molecular formula is C13H16N4O3. The summed E-state index contributed by atoms with van der Waals surface area (Å²) < 4.78 is 1.84. The Morgan fingerprint density at radius 1 is 1.40 bits per heavy atom. The molecule has 2 rings (SSSR count). The first-order valence-electron chi connectivity index (χ1n) is 6.25. The van der Waals surface area contributed by atoms with Gasteiger partial charge in [0.1, 0.15) is 5.69 Å². The predicted molar refractivity (Wildman–Crippen MR) is 73.7 cm³/mol. The first kappa shape index (κ1) is 13.9. The number of hydrogen-bond donors (Lipinski definition) is 3. The number of carbonyl (C=O) groups excluding carboxylic acids is 1. The number of H-pyrrole nitrogens is 2. The van der Waals surface area contributed by atoms with Gasteiger partial charge in [-0.15, -0.1) is 0 Å². The lowest BCUT2D eigenvalue weighted by molar-refractivity contribution is 0.0940. The van der Waals surface area contributed by atoms with Gasteiger partial charge in [-0.05, 0) is 26.0 Å². The Bertz CT molecular complexity index is 723. The highest BCUT2D eigenvalue weighted by molar-refractivity contribution is 5.92. The minimum Gasteiger partial charge on any atom is -0.346 e. The molecule has 0 saturated carbocycles. The molecule has 0 atom stereocenters. The van der Waals surface area contributed by atoms with Gasteiger partial charge in [-0.25, -0.2) is 4.79 Å². The SMILES string of the molecule is CC(C)n1cccc1C(=O)NCc1c[nH]c(=O)[nH]c1=O. The standard InChI is InChI=1S/C13H16N4O3/c1-8(2)17-5-3-4-10(17)12(19)14-6-9-7-15-13(20)16-11(9)18/h3-5,7-8H,6H2,1-2H3,(H,14,19)(H2,15,16,18,20). The van der Waals surface area contributed by atoms with E-state index in [4.69, 9.17) is 0 Å². The summed E-state index contributed by atoms with van der Waals surface area (Å²) in [6, 6.07) is 3.68. The zero-order valence-corrected chi connectivity index (χ0v) is 11.3. The second-order valence-electron chi connectivity index (χ2n) is 4.67. The second-order valence-corrected chi connectivity index (χ2v) is 4.67. The lowest BCUT2D eigenvalue weighted by Gasteiger charge is -2.12. The highest BCUT2D eigenvalue weighted by Crippen LogP contribution is 2.10. The number of nitrogens with zero attached hydrogens (tertiary/aromatic N) is 1. The molecule has 0 saturated heterocycles. The number of aromatic amines is 2. The average Bonchev–Trinajstić information content (AvgIpc) is 2.86. The Hall–Kier alpha value is -2.57. The molecule has 0 unspecified atom stereocenters. The van der Waals surface area contributed by atoms with Gasteiger partial charge in [-0.1, -0.05) is 0 Å². The molecule has 0 bridgehead atoms. The van der Waals surface area contributed by atoms with Crippen LogP contribution in [0.15, 0.2) is 34.1 Å². The zero-order chi connectivity index (χ0) is 14.7. The number of rotatable bonds is 4. The minimum absolute atomic E-state index is 0.0498. The van der Waals surface area contributed by atoms with Gasteiger partial charge in [-0.2, -0.15) is 0 Å². The Morgan fingerprint density at radius 2 is 2.15 bits per heavy atom. The third kappa shape index (κ3) is 2.87. The summed E-state index contributed by atoms with van der Waals surface area (Å²) in [7, 11) is 0. The van der Waals surface area contributed by atoms with Crippen LogP contribution in [0.2, 0.25) is 0 Å². The van der Waals surface area contributed by atoms with E-state index in [0.717, 1.165) is 0 Å². The Labute approximate surface area is 114 Å². The molecule has 7 nitrogen and oxygen atoms in total. The van der Waals surface area contributed by atoms with Crippen molar-refractivity contribution in [3.63, 3.8) is 0 Å². The van der Waals surface area contributed by atoms with Crippen LogP contribution in [0.1, 0.15) is 35.9 Å². The number of amides is 1. The fraction of sp³-hybridized carbons (Fsp3) is 0.308. The van der Waals surface area contributed by atoms with Crippen LogP contribution in [0.4, 0.5) is 0 Å². The second kappa shape index (κ2) is 5.60. The molecule has 20 heavy (non-hydrogen) atoms. The molecule has 0 aliphatic rings. The van der Waals surface area contributed by atoms with E-state index in [-0.39, 0.29) is 18.5 Å². The van der Waals surface area contributed by atoms with E-state index in [2.05, 4.69) is 15.3 Å². The van der Waals surface area contributed by atoms with Crippen LogP contribution in [-0.4, -0.2) is 20.4 Å². The van der Waals surface area contributed by atoms with Gasteiger partial charge in [0.05, 0.1) is 12.1 Å². The van der Waals surface area contributed by atoms with E-state index in [1.807, 2.05) is 24.6 Å². The van der Waals surface area contributed by atoms with Crippen LogP contribution in [-0.2, 0) is 6.54 Å². The quantitative estimate of drug-likeness (QED) is 0.752. The summed E-state index contributed by atoms with van der Waals surface area (Å²) >= 11 is 0. The maximum absolute atomic E-state index is 12.1. The van der Waals surface area contributed by atoms with Crippen molar-refractivity contribution in [2.75, 3.05) is 0 Å². The summed E-state index contributed by atoms with van der Waals surface area (Å²) in [6.45, 7) is 4.00. The Morgan fingerprint density at radius 3 is 2.80 bits per heavy atom. The van der Waals surface area contributed by atoms with Crippen molar-refractivity contribution in [2.24, 2.45) is 0 Å². The minimum atomic E-state index is -0.571. The third-order valence-electron chi connectivity index (χ3n) is 2.90. The van der Waals surface area contributed by atoms with E-state index in [1.54, 1.807) is 12.1 Å². The molecule has 2 aromatic heterocycles. The molecule has 1 amide bonds. The molecule has 0 radical (unpaired) electrons. The van der Waals surface area contributed by atoms with Gasteiger partial charge in [0.15, 0.2) is 0 Å². The van der Waals surface area contributed by atoms with E-state index in [9.17, 15) is 14.4 Å². The third-order valence-corrected chi connectivity index (χ3v) is 2.90.